The van der Waals surface area contributed by atoms with E-state index in [1.54, 1.807) is 0 Å². The molecule has 7 heteroatoms. The second-order valence-electron chi connectivity index (χ2n) is 4.47. The maximum absolute atomic E-state index is 13.0. The van der Waals surface area contributed by atoms with Crippen LogP contribution >= 0.6 is 0 Å². The molecule has 1 rings (SSSR count). The normalized spacial score (nSPS) is 13.8. The van der Waals surface area contributed by atoms with Crippen LogP contribution in [0, 0.1) is 5.82 Å². The third kappa shape index (κ3) is 6.31. The Bertz CT molecular complexity index is 412. The van der Waals surface area contributed by atoms with Gasteiger partial charge in [0.2, 0.25) is 0 Å². The van der Waals surface area contributed by atoms with Gasteiger partial charge in [0.15, 0.2) is 0 Å². The standard InChI is InChI=1S/C13H17F4NO2/c14-11-3-1-2-10(8-11)12(20)4-5-18(6-7-19)9-13(15,16)17/h1-3,8,12,19-20H,4-7,9H2. The number of alkyl halides is 3. The van der Waals surface area contributed by atoms with E-state index in [0.29, 0.717) is 5.56 Å². The van der Waals surface area contributed by atoms with Gasteiger partial charge in [-0.25, -0.2) is 4.39 Å². The molecule has 1 atom stereocenters. The van der Waals surface area contributed by atoms with E-state index < -0.39 is 31.2 Å². The molecule has 1 aromatic carbocycles. The van der Waals surface area contributed by atoms with E-state index in [4.69, 9.17) is 5.11 Å². The van der Waals surface area contributed by atoms with Gasteiger partial charge in [-0.2, -0.15) is 13.2 Å². The van der Waals surface area contributed by atoms with Crippen molar-refractivity contribution in [1.82, 2.24) is 4.90 Å². The van der Waals surface area contributed by atoms with Crippen molar-refractivity contribution in [2.24, 2.45) is 0 Å². The fourth-order valence-electron chi connectivity index (χ4n) is 1.85. The molecule has 0 aromatic heterocycles. The van der Waals surface area contributed by atoms with Gasteiger partial charge in [0.1, 0.15) is 5.82 Å². The van der Waals surface area contributed by atoms with Gasteiger partial charge >= 0.3 is 6.18 Å². The van der Waals surface area contributed by atoms with Crippen molar-refractivity contribution in [2.45, 2.75) is 18.7 Å². The van der Waals surface area contributed by atoms with Crippen molar-refractivity contribution >= 4 is 0 Å². The Morgan fingerprint density at radius 1 is 1.20 bits per heavy atom. The van der Waals surface area contributed by atoms with Gasteiger partial charge in [-0.1, -0.05) is 12.1 Å². The summed E-state index contributed by atoms with van der Waals surface area (Å²) in [5.74, 6) is -0.510. The molecule has 0 saturated carbocycles. The summed E-state index contributed by atoms with van der Waals surface area (Å²) >= 11 is 0. The molecule has 0 radical (unpaired) electrons. The van der Waals surface area contributed by atoms with E-state index in [1.165, 1.54) is 18.2 Å². The number of rotatable bonds is 7. The van der Waals surface area contributed by atoms with Crippen LogP contribution in [-0.2, 0) is 0 Å². The van der Waals surface area contributed by atoms with Crippen molar-refractivity contribution < 1.29 is 27.8 Å². The van der Waals surface area contributed by atoms with Gasteiger partial charge in [-0.05, 0) is 24.1 Å². The first-order chi connectivity index (χ1) is 9.31. The number of nitrogens with zero attached hydrogens (tertiary/aromatic N) is 1. The lowest BCUT2D eigenvalue weighted by Crippen LogP contribution is -2.37. The maximum Gasteiger partial charge on any atom is 0.401 e. The number of aliphatic hydroxyl groups excluding tert-OH is 2. The van der Waals surface area contributed by atoms with E-state index in [1.807, 2.05) is 0 Å². The van der Waals surface area contributed by atoms with Crippen LogP contribution in [-0.4, -0.2) is 47.5 Å². The molecule has 20 heavy (non-hydrogen) atoms. The molecule has 1 unspecified atom stereocenters. The lowest BCUT2D eigenvalue weighted by atomic mass is 10.1. The molecule has 0 bridgehead atoms. The third-order valence-electron chi connectivity index (χ3n) is 2.77. The highest BCUT2D eigenvalue weighted by Crippen LogP contribution is 2.20. The lowest BCUT2D eigenvalue weighted by molar-refractivity contribution is -0.147. The topological polar surface area (TPSA) is 43.7 Å². The van der Waals surface area contributed by atoms with E-state index in [-0.39, 0.29) is 19.5 Å². The molecule has 2 N–H and O–H groups in total. The zero-order valence-corrected chi connectivity index (χ0v) is 10.8. The molecule has 0 aliphatic rings. The van der Waals surface area contributed by atoms with Gasteiger partial charge in [0.05, 0.1) is 19.3 Å². The molecule has 0 amide bonds. The molecule has 3 nitrogen and oxygen atoms in total. The molecule has 0 heterocycles. The van der Waals surface area contributed by atoms with E-state index in [2.05, 4.69) is 0 Å². The van der Waals surface area contributed by atoms with Crippen LogP contribution in [0.5, 0.6) is 0 Å². The Morgan fingerprint density at radius 2 is 1.90 bits per heavy atom. The Kier molecular flexibility index (Phi) is 6.38. The Balaban J connectivity index is 2.54. The first-order valence-electron chi connectivity index (χ1n) is 6.15. The number of aliphatic hydroxyl groups is 2. The van der Waals surface area contributed by atoms with Crippen molar-refractivity contribution in [3.05, 3.63) is 35.6 Å². The molecule has 0 fully saturated rings. The van der Waals surface area contributed by atoms with Gasteiger partial charge < -0.3 is 10.2 Å². The predicted molar refractivity (Wildman–Crippen MR) is 65.6 cm³/mol. The average Bonchev–Trinajstić information content (AvgIpc) is 2.34. The smallest absolute Gasteiger partial charge is 0.395 e. The van der Waals surface area contributed by atoms with Crippen molar-refractivity contribution in [2.75, 3.05) is 26.2 Å². The van der Waals surface area contributed by atoms with Crippen LogP contribution in [0.25, 0.3) is 0 Å². The van der Waals surface area contributed by atoms with Gasteiger partial charge in [-0.15, -0.1) is 0 Å². The van der Waals surface area contributed by atoms with Crippen LogP contribution in [0.2, 0.25) is 0 Å². The van der Waals surface area contributed by atoms with Crippen molar-refractivity contribution in [3.63, 3.8) is 0 Å². The fourth-order valence-corrected chi connectivity index (χ4v) is 1.85. The van der Waals surface area contributed by atoms with Crippen molar-refractivity contribution in [1.29, 1.82) is 0 Å². The largest absolute Gasteiger partial charge is 0.401 e. The van der Waals surface area contributed by atoms with Crippen LogP contribution in [0.3, 0.4) is 0 Å². The fraction of sp³-hybridized carbons (Fsp3) is 0.538. The van der Waals surface area contributed by atoms with Crippen LogP contribution in [0.15, 0.2) is 24.3 Å². The van der Waals surface area contributed by atoms with E-state index >= 15 is 0 Å². The summed E-state index contributed by atoms with van der Waals surface area (Å²) in [4.78, 5) is 1.00. The quantitative estimate of drug-likeness (QED) is 0.757. The number of hydrogen-bond acceptors (Lipinski definition) is 3. The molecule has 114 valence electrons. The zero-order valence-electron chi connectivity index (χ0n) is 10.8. The SMILES string of the molecule is OCCN(CCC(O)c1cccc(F)c1)CC(F)(F)F. The zero-order chi connectivity index (χ0) is 15.2. The van der Waals surface area contributed by atoms with Gasteiger partial charge in [-0.3, -0.25) is 4.90 Å². The molecular formula is C13H17F4NO2. The number of halogens is 4. The maximum atomic E-state index is 13.0. The Hall–Kier alpha value is -1.18. The Labute approximate surface area is 114 Å². The molecule has 0 aliphatic heterocycles. The minimum Gasteiger partial charge on any atom is -0.395 e. The molecule has 0 saturated heterocycles. The highest BCUT2D eigenvalue weighted by molar-refractivity contribution is 5.18. The monoisotopic (exact) mass is 295 g/mol. The minimum atomic E-state index is -4.36. The first-order valence-corrected chi connectivity index (χ1v) is 6.15. The molecule has 1 aromatic rings. The second kappa shape index (κ2) is 7.56. The average molecular weight is 295 g/mol. The van der Waals surface area contributed by atoms with Crippen LogP contribution in [0.4, 0.5) is 17.6 Å². The van der Waals surface area contributed by atoms with Gasteiger partial charge in [0, 0.05) is 13.1 Å². The summed E-state index contributed by atoms with van der Waals surface area (Å²) < 4.78 is 49.8. The summed E-state index contributed by atoms with van der Waals surface area (Å²) in [6.07, 6.45) is -5.38. The summed E-state index contributed by atoms with van der Waals surface area (Å²) in [7, 11) is 0. The van der Waals surface area contributed by atoms with E-state index in [9.17, 15) is 22.7 Å². The number of hydrogen-bond donors (Lipinski definition) is 2. The molecule has 0 aliphatic carbocycles. The third-order valence-corrected chi connectivity index (χ3v) is 2.77. The highest BCUT2D eigenvalue weighted by Gasteiger charge is 2.30. The minimum absolute atomic E-state index is 0.0273. The molecular weight excluding hydrogens is 278 g/mol. The van der Waals surface area contributed by atoms with Crippen LogP contribution < -0.4 is 0 Å². The first kappa shape index (κ1) is 16.9. The van der Waals surface area contributed by atoms with E-state index in [0.717, 1.165) is 11.0 Å². The summed E-state index contributed by atoms with van der Waals surface area (Å²) in [5, 5.41) is 18.6. The highest BCUT2D eigenvalue weighted by atomic mass is 19.4. The van der Waals surface area contributed by atoms with Crippen LogP contribution in [0.1, 0.15) is 18.1 Å². The predicted octanol–water partition coefficient (Wildman–Crippen LogP) is 2.11. The van der Waals surface area contributed by atoms with Crippen molar-refractivity contribution in [3.8, 4) is 0 Å². The Morgan fingerprint density at radius 3 is 2.45 bits per heavy atom. The summed E-state index contributed by atoms with van der Waals surface area (Å²) in [6, 6.07) is 5.30. The lowest BCUT2D eigenvalue weighted by Gasteiger charge is -2.24. The second-order valence-corrected chi connectivity index (χ2v) is 4.47. The number of benzene rings is 1. The summed E-state index contributed by atoms with van der Waals surface area (Å²) in [5.41, 5.74) is 0.320. The summed E-state index contributed by atoms with van der Waals surface area (Å²) in [6.45, 7) is -1.72. The molecule has 0 spiro atoms. The van der Waals surface area contributed by atoms with Gasteiger partial charge in [0.25, 0.3) is 0 Å².